The molecule has 68 valence electrons. The Balaban J connectivity index is 4.15. The summed E-state index contributed by atoms with van der Waals surface area (Å²) >= 11 is 0. The lowest BCUT2D eigenvalue weighted by atomic mass is 10.1. The number of aliphatic carboxylic acids is 2. The van der Waals surface area contributed by atoms with Gasteiger partial charge in [-0.15, -0.1) is 0 Å². The molecule has 0 aliphatic carbocycles. The Labute approximate surface area is 70.5 Å². The van der Waals surface area contributed by atoms with E-state index in [9.17, 15) is 9.59 Å². The first kappa shape index (κ1) is 10.7. The molecule has 0 fully saturated rings. The number of hydrogen-bond acceptors (Lipinski definition) is 2. The van der Waals surface area contributed by atoms with Crippen LogP contribution in [0.5, 0.6) is 0 Å². The first-order chi connectivity index (χ1) is 5.43. The molecule has 0 bridgehead atoms. The Morgan fingerprint density at radius 1 is 1.42 bits per heavy atom. The summed E-state index contributed by atoms with van der Waals surface area (Å²) in [5.74, 6) is -2.51. The molecule has 0 aromatic heterocycles. The third-order valence-electron chi connectivity index (χ3n) is 1.35. The third-order valence-corrected chi connectivity index (χ3v) is 1.35. The van der Waals surface area contributed by atoms with Gasteiger partial charge in [0.15, 0.2) is 0 Å². The van der Waals surface area contributed by atoms with Gasteiger partial charge in [0.2, 0.25) is 0 Å². The van der Waals surface area contributed by atoms with E-state index in [1.54, 1.807) is 6.92 Å². The molecule has 2 N–H and O–H groups in total. The van der Waals surface area contributed by atoms with Crippen LogP contribution >= 0.6 is 0 Å². The molecule has 0 aromatic rings. The predicted octanol–water partition coefficient (Wildman–Crippen LogP) is 1.13. The molecule has 0 aliphatic rings. The summed E-state index contributed by atoms with van der Waals surface area (Å²) < 4.78 is 0. The van der Waals surface area contributed by atoms with Gasteiger partial charge in [-0.05, 0) is 13.8 Å². The first-order valence-corrected chi connectivity index (χ1v) is 3.55. The van der Waals surface area contributed by atoms with Crippen molar-refractivity contribution in [2.24, 2.45) is 5.92 Å². The molecule has 0 rings (SSSR count). The monoisotopic (exact) mass is 172 g/mol. The number of carboxylic acid groups (broad SMARTS) is 2. The summed E-state index contributed by atoms with van der Waals surface area (Å²) in [5, 5.41) is 16.8. The van der Waals surface area contributed by atoms with Gasteiger partial charge in [-0.25, -0.2) is 0 Å². The van der Waals surface area contributed by atoms with Crippen LogP contribution in [0.4, 0.5) is 0 Å². The largest absolute Gasteiger partial charge is 0.481 e. The standard InChI is InChI=1S/C8H12O4/c1-5(4-7(9)10)3-6(2)8(11)12/h3,6H,4H2,1-2H3,(H,9,10)(H,11,12)/b5-3+. The number of hydrogen-bond donors (Lipinski definition) is 2. The molecule has 1 atom stereocenters. The number of carbonyl (C=O) groups is 2. The van der Waals surface area contributed by atoms with Gasteiger partial charge >= 0.3 is 11.9 Å². The van der Waals surface area contributed by atoms with E-state index < -0.39 is 17.9 Å². The van der Waals surface area contributed by atoms with Gasteiger partial charge < -0.3 is 10.2 Å². The molecule has 12 heavy (non-hydrogen) atoms. The molecule has 0 amide bonds. The van der Waals surface area contributed by atoms with Crippen molar-refractivity contribution in [1.29, 1.82) is 0 Å². The van der Waals surface area contributed by atoms with Gasteiger partial charge in [-0.3, -0.25) is 9.59 Å². The lowest BCUT2D eigenvalue weighted by Crippen LogP contribution is -2.07. The Kier molecular flexibility index (Phi) is 4.04. The van der Waals surface area contributed by atoms with Crippen molar-refractivity contribution in [2.45, 2.75) is 20.3 Å². The van der Waals surface area contributed by atoms with Gasteiger partial charge in [0.25, 0.3) is 0 Å². The van der Waals surface area contributed by atoms with Crippen molar-refractivity contribution in [1.82, 2.24) is 0 Å². The summed E-state index contributed by atoms with van der Waals surface area (Å²) in [6.45, 7) is 3.11. The summed E-state index contributed by atoms with van der Waals surface area (Å²) in [6.07, 6.45) is 1.34. The maximum absolute atomic E-state index is 10.3. The average molecular weight is 172 g/mol. The number of rotatable bonds is 4. The summed E-state index contributed by atoms with van der Waals surface area (Å²) in [6, 6.07) is 0. The van der Waals surface area contributed by atoms with Gasteiger partial charge in [0.1, 0.15) is 0 Å². The van der Waals surface area contributed by atoms with Crippen molar-refractivity contribution >= 4 is 11.9 Å². The second kappa shape index (κ2) is 4.54. The topological polar surface area (TPSA) is 74.6 Å². The highest BCUT2D eigenvalue weighted by Crippen LogP contribution is 2.06. The minimum absolute atomic E-state index is 0.0996. The van der Waals surface area contributed by atoms with Crippen molar-refractivity contribution in [2.75, 3.05) is 0 Å². The van der Waals surface area contributed by atoms with Gasteiger partial charge in [0, 0.05) is 0 Å². The highest BCUT2D eigenvalue weighted by atomic mass is 16.4. The fourth-order valence-corrected chi connectivity index (χ4v) is 0.796. The quantitative estimate of drug-likeness (QED) is 0.623. The molecular formula is C8H12O4. The van der Waals surface area contributed by atoms with Crippen LogP contribution in [0.1, 0.15) is 20.3 Å². The summed E-state index contributed by atoms with van der Waals surface area (Å²) in [7, 11) is 0. The SMILES string of the molecule is C/C(=C\C(C)C(=O)O)CC(=O)O. The molecule has 0 saturated carbocycles. The molecule has 1 unspecified atom stereocenters. The van der Waals surface area contributed by atoms with Gasteiger partial charge in [-0.1, -0.05) is 11.6 Å². The lowest BCUT2D eigenvalue weighted by molar-refractivity contribution is -0.140. The zero-order valence-corrected chi connectivity index (χ0v) is 7.07. The van der Waals surface area contributed by atoms with Gasteiger partial charge in [-0.2, -0.15) is 0 Å². The van der Waals surface area contributed by atoms with Crippen molar-refractivity contribution in [3.05, 3.63) is 11.6 Å². The van der Waals surface area contributed by atoms with E-state index in [0.29, 0.717) is 5.57 Å². The van der Waals surface area contributed by atoms with Crippen molar-refractivity contribution in [3.63, 3.8) is 0 Å². The zero-order valence-electron chi connectivity index (χ0n) is 7.07. The van der Waals surface area contributed by atoms with E-state index in [2.05, 4.69) is 0 Å². The minimum atomic E-state index is -0.945. The normalized spacial score (nSPS) is 14.0. The lowest BCUT2D eigenvalue weighted by Gasteiger charge is -2.00. The molecule has 0 aliphatic heterocycles. The Hall–Kier alpha value is -1.32. The van der Waals surface area contributed by atoms with Crippen LogP contribution in [0.25, 0.3) is 0 Å². The van der Waals surface area contributed by atoms with E-state index >= 15 is 0 Å². The van der Waals surface area contributed by atoms with Crippen molar-refractivity contribution in [3.8, 4) is 0 Å². The Bertz CT molecular complexity index is 217. The van der Waals surface area contributed by atoms with Crippen LogP contribution in [0, 0.1) is 5.92 Å². The first-order valence-electron chi connectivity index (χ1n) is 3.55. The molecule has 4 heteroatoms. The van der Waals surface area contributed by atoms with E-state index in [0.717, 1.165) is 0 Å². The maximum Gasteiger partial charge on any atom is 0.310 e. The highest BCUT2D eigenvalue weighted by molar-refractivity contribution is 5.73. The molecule has 0 radical (unpaired) electrons. The number of carboxylic acids is 2. The van der Waals surface area contributed by atoms with Crippen LogP contribution in [0.3, 0.4) is 0 Å². The highest BCUT2D eigenvalue weighted by Gasteiger charge is 2.08. The van der Waals surface area contributed by atoms with Crippen molar-refractivity contribution < 1.29 is 19.8 Å². The molecular weight excluding hydrogens is 160 g/mol. The van der Waals surface area contributed by atoms with E-state index in [-0.39, 0.29) is 6.42 Å². The fraction of sp³-hybridized carbons (Fsp3) is 0.500. The second-order valence-corrected chi connectivity index (χ2v) is 2.71. The molecule has 4 nitrogen and oxygen atoms in total. The summed E-state index contributed by atoms with van der Waals surface area (Å²) in [4.78, 5) is 20.5. The second-order valence-electron chi connectivity index (χ2n) is 2.71. The smallest absolute Gasteiger partial charge is 0.310 e. The van der Waals surface area contributed by atoms with Crippen LogP contribution in [0.2, 0.25) is 0 Å². The molecule has 0 heterocycles. The molecule has 0 saturated heterocycles. The van der Waals surface area contributed by atoms with E-state index in [4.69, 9.17) is 10.2 Å². The zero-order chi connectivity index (χ0) is 9.72. The molecule has 0 aromatic carbocycles. The van der Waals surface area contributed by atoms with Crippen LogP contribution in [-0.4, -0.2) is 22.2 Å². The fourth-order valence-electron chi connectivity index (χ4n) is 0.796. The van der Waals surface area contributed by atoms with Crippen LogP contribution in [-0.2, 0) is 9.59 Å². The van der Waals surface area contributed by atoms with Crippen LogP contribution in [0.15, 0.2) is 11.6 Å². The Morgan fingerprint density at radius 2 is 1.92 bits per heavy atom. The van der Waals surface area contributed by atoms with Crippen LogP contribution < -0.4 is 0 Å². The minimum Gasteiger partial charge on any atom is -0.481 e. The van der Waals surface area contributed by atoms with Gasteiger partial charge in [0.05, 0.1) is 12.3 Å². The third kappa shape index (κ3) is 4.49. The van der Waals surface area contributed by atoms with E-state index in [1.165, 1.54) is 13.0 Å². The maximum atomic E-state index is 10.3. The Morgan fingerprint density at radius 3 is 2.25 bits per heavy atom. The average Bonchev–Trinajstić information content (AvgIpc) is 1.84. The molecule has 0 spiro atoms. The van der Waals surface area contributed by atoms with E-state index in [1.807, 2.05) is 0 Å². The summed E-state index contributed by atoms with van der Waals surface area (Å²) in [5.41, 5.74) is 0.567. The predicted molar refractivity (Wildman–Crippen MR) is 42.8 cm³/mol.